The fourth-order valence-electron chi connectivity index (χ4n) is 2.01. The van der Waals surface area contributed by atoms with Gasteiger partial charge in [-0.05, 0) is 23.4 Å². The van der Waals surface area contributed by atoms with E-state index in [2.05, 4.69) is 33.0 Å². The van der Waals surface area contributed by atoms with E-state index >= 15 is 0 Å². The van der Waals surface area contributed by atoms with E-state index < -0.39 is 0 Å². The highest BCUT2D eigenvalue weighted by atomic mass is 79.9. The van der Waals surface area contributed by atoms with Crippen molar-refractivity contribution in [2.75, 3.05) is 0 Å². The van der Waals surface area contributed by atoms with Gasteiger partial charge in [-0.15, -0.1) is 0 Å². The van der Waals surface area contributed by atoms with E-state index in [1.54, 1.807) is 6.20 Å². The van der Waals surface area contributed by atoms with E-state index in [1.165, 1.54) is 5.39 Å². The Morgan fingerprint density at radius 3 is 2.83 bits per heavy atom. The minimum Gasteiger partial charge on any atom is -0.298 e. The molecule has 3 heteroatoms. The van der Waals surface area contributed by atoms with Crippen LogP contribution in [0.4, 0.5) is 0 Å². The number of Topliss-reactive ketones (excluding diaryl/α,β-unsaturated/α-hetero) is 1. The Balaban J connectivity index is 2.29. The molecule has 1 heterocycles. The molecule has 18 heavy (non-hydrogen) atoms. The van der Waals surface area contributed by atoms with Gasteiger partial charge in [-0.1, -0.05) is 48.0 Å². The van der Waals surface area contributed by atoms with E-state index in [4.69, 9.17) is 0 Å². The number of pyridine rings is 1. The van der Waals surface area contributed by atoms with Crippen LogP contribution in [0.2, 0.25) is 0 Å². The highest BCUT2D eigenvalue weighted by molar-refractivity contribution is 9.10. The summed E-state index contributed by atoms with van der Waals surface area (Å²) in [5.74, 6) is 0.304. The van der Waals surface area contributed by atoms with Crippen LogP contribution in [-0.4, -0.2) is 15.6 Å². The number of alkyl halides is 1. The van der Waals surface area contributed by atoms with Gasteiger partial charge >= 0.3 is 0 Å². The van der Waals surface area contributed by atoms with Crippen LogP contribution in [0.25, 0.3) is 10.8 Å². The van der Waals surface area contributed by atoms with Gasteiger partial charge in [0.2, 0.25) is 0 Å². The van der Waals surface area contributed by atoms with Crippen molar-refractivity contribution in [1.29, 1.82) is 0 Å². The fourth-order valence-corrected chi connectivity index (χ4v) is 2.89. The van der Waals surface area contributed by atoms with E-state index in [1.807, 2.05) is 32.2 Å². The van der Waals surface area contributed by atoms with Crippen molar-refractivity contribution in [2.24, 2.45) is 5.92 Å². The summed E-state index contributed by atoms with van der Waals surface area (Å²) in [5.41, 5.74) is 1.16. The molecular weight excluding hydrogens is 290 g/mol. The number of hydrogen-bond acceptors (Lipinski definition) is 2. The Morgan fingerprint density at radius 2 is 2.11 bits per heavy atom. The fraction of sp³-hybridized carbons (Fsp3) is 0.333. The number of ketones is 1. The van der Waals surface area contributed by atoms with Gasteiger partial charge < -0.3 is 0 Å². The maximum atomic E-state index is 11.9. The van der Waals surface area contributed by atoms with Gasteiger partial charge in [0.25, 0.3) is 0 Å². The van der Waals surface area contributed by atoms with Gasteiger partial charge in [0, 0.05) is 23.7 Å². The third-order valence-electron chi connectivity index (χ3n) is 3.05. The van der Waals surface area contributed by atoms with Crippen LogP contribution in [0, 0.1) is 5.92 Å². The molecular formula is C15H16BrNO. The van der Waals surface area contributed by atoms with E-state index in [-0.39, 0.29) is 16.5 Å². The zero-order valence-corrected chi connectivity index (χ0v) is 12.1. The molecule has 0 spiro atoms. The summed E-state index contributed by atoms with van der Waals surface area (Å²) in [7, 11) is 0. The number of carbonyl (C=O) groups is 1. The van der Waals surface area contributed by atoms with Crippen LogP contribution in [0.15, 0.2) is 36.7 Å². The molecule has 0 saturated heterocycles. The highest BCUT2D eigenvalue weighted by Gasteiger charge is 2.19. The molecule has 2 aromatic rings. The summed E-state index contributed by atoms with van der Waals surface area (Å²) < 4.78 is 0. The third-order valence-corrected chi connectivity index (χ3v) is 3.83. The van der Waals surface area contributed by atoms with Crippen molar-refractivity contribution >= 4 is 32.5 Å². The van der Waals surface area contributed by atoms with Gasteiger partial charge in [-0.2, -0.15) is 0 Å². The first kappa shape index (κ1) is 13.2. The average Bonchev–Trinajstić information content (AvgIpc) is 2.38. The second kappa shape index (κ2) is 5.61. The quantitative estimate of drug-likeness (QED) is 0.805. The summed E-state index contributed by atoms with van der Waals surface area (Å²) in [4.78, 5) is 16.0. The number of hydrogen-bond donors (Lipinski definition) is 0. The monoisotopic (exact) mass is 305 g/mol. The van der Waals surface area contributed by atoms with Crippen LogP contribution in [0.5, 0.6) is 0 Å². The predicted octanol–water partition coefficient (Wildman–Crippen LogP) is 3.77. The Hall–Kier alpha value is -1.22. The van der Waals surface area contributed by atoms with Gasteiger partial charge in [0.05, 0.1) is 4.83 Å². The molecule has 0 radical (unpaired) electrons. The lowest BCUT2D eigenvalue weighted by molar-refractivity contribution is -0.121. The van der Waals surface area contributed by atoms with E-state index in [0.717, 1.165) is 10.9 Å². The summed E-state index contributed by atoms with van der Waals surface area (Å²) in [6, 6.07) is 8.14. The zero-order valence-electron chi connectivity index (χ0n) is 10.6. The first-order valence-corrected chi connectivity index (χ1v) is 7.00. The third kappa shape index (κ3) is 2.78. The predicted molar refractivity (Wildman–Crippen MR) is 78.0 cm³/mol. The standard InChI is InChI=1S/C15H16BrNO/c1-10(2)15(18)14(16)8-12-5-3-4-11-6-7-17-9-13(11)12/h3-7,9-10,14H,8H2,1-2H3. The molecule has 2 nitrogen and oxygen atoms in total. The molecule has 0 fully saturated rings. The lowest BCUT2D eigenvalue weighted by Crippen LogP contribution is -2.21. The number of nitrogens with zero attached hydrogens (tertiary/aromatic N) is 1. The van der Waals surface area contributed by atoms with Crippen LogP contribution in [0.3, 0.4) is 0 Å². The van der Waals surface area contributed by atoms with Crippen molar-refractivity contribution in [3.8, 4) is 0 Å². The van der Waals surface area contributed by atoms with Crippen molar-refractivity contribution in [3.05, 3.63) is 42.2 Å². The van der Waals surface area contributed by atoms with Crippen LogP contribution in [-0.2, 0) is 11.2 Å². The van der Waals surface area contributed by atoms with Crippen molar-refractivity contribution in [1.82, 2.24) is 4.98 Å². The Bertz CT molecular complexity index is 560. The normalized spacial score (nSPS) is 12.9. The highest BCUT2D eigenvalue weighted by Crippen LogP contribution is 2.22. The summed E-state index contributed by atoms with van der Waals surface area (Å²) >= 11 is 3.50. The van der Waals surface area contributed by atoms with Gasteiger partial charge in [-0.3, -0.25) is 9.78 Å². The number of rotatable bonds is 4. The molecule has 1 atom stereocenters. The van der Waals surface area contributed by atoms with Crippen molar-refractivity contribution in [3.63, 3.8) is 0 Å². The molecule has 0 aliphatic rings. The van der Waals surface area contributed by atoms with Crippen LogP contribution in [0.1, 0.15) is 19.4 Å². The first-order valence-electron chi connectivity index (χ1n) is 6.09. The molecule has 0 saturated carbocycles. The number of aromatic nitrogens is 1. The van der Waals surface area contributed by atoms with Gasteiger partial charge in [0.15, 0.2) is 0 Å². The molecule has 2 rings (SSSR count). The second-order valence-corrected chi connectivity index (χ2v) is 5.85. The minimum atomic E-state index is -0.122. The van der Waals surface area contributed by atoms with Crippen molar-refractivity contribution < 1.29 is 4.79 Å². The smallest absolute Gasteiger partial charge is 0.149 e. The number of fused-ring (bicyclic) bond motifs is 1. The zero-order chi connectivity index (χ0) is 13.1. The maximum Gasteiger partial charge on any atom is 0.149 e. The number of benzene rings is 1. The van der Waals surface area contributed by atoms with E-state index in [9.17, 15) is 4.79 Å². The van der Waals surface area contributed by atoms with Gasteiger partial charge in [0.1, 0.15) is 5.78 Å². The number of halogens is 1. The lowest BCUT2D eigenvalue weighted by atomic mass is 9.98. The van der Waals surface area contributed by atoms with E-state index in [0.29, 0.717) is 6.42 Å². The molecule has 1 aromatic carbocycles. The summed E-state index contributed by atoms with van der Waals surface area (Å²) in [6.45, 7) is 3.86. The van der Waals surface area contributed by atoms with Crippen LogP contribution < -0.4 is 0 Å². The molecule has 0 amide bonds. The Labute approximate surface area is 116 Å². The molecule has 0 N–H and O–H groups in total. The molecule has 1 unspecified atom stereocenters. The minimum absolute atomic E-state index is 0.0578. The molecule has 0 aliphatic carbocycles. The summed E-state index contributed by atoms with van der Waals surface area (Å²) in [5, 5.41) is 2.29. The Kier molecular flexibility index (Phi) is 4.12. The van der Waals surface area contributed by atoms with Gasteiger partial charge in [-0.25, -0.2) is 0 Å². The topological polar surface area (TPSA) is 30.0 Å². The van der Waals surface area contributed by atoms with Crippen LogP contribution >= 0.6 is 15.9 Å². The largest absolute Gasteiger partial charge is 0.298 e. The van der Waals surface area contributed by atoms with Crippen molar-refractivity contribution in [2.45, 2.75) is 25.1 Å². The molecule has 1 aromatic heterocycles. The average molecular weight is 306 g/mol. The molecule has 0 bridgehead atoms. The lowest BCUT2D eigenvalue weighted by Gasteiger charge is -2.13. The Morgan fingerprint density at radius 1 is 1.33 bits per heavy atom. The molecule has 94 valence electrons. The second-order valence-electron chi connectivity index (χ2n) is 4.74. The molecule has 0 aliphatic heterocycles. The number of carbonyl (C=O) groups excluding carboxylic acids is 1. The maximum absolute atomic E-state index is 11.9. The SMILES string of the molecule is CC(C)C(=O)C(Br)Cc1cccc2ccncc12. The first-order chi connectivity index (χ1) is 8.59. The summed E-state index contributed by atoms with van der Waals surface area (Å²) in [6.07, 6.45) is 4.36.